The van der Waals surface area contributed by atoms with Crippen LogP contribution in [0.15, 0.2) is 0 Å². The van der Waals surface area contributed by atoms with Gasteiger partial charge < -0.3 is 15.5 Å². The van der Waals surface area contributed by atoms with Gasteiger partial charge in [0.05, 0.1) is 0 Å². The summed E-state index contributed by atoms with van der Waals surface area (Å²) in [5, 5.41) is 6.43. The SMILES string of the molecule is CC(C)(C)C(=O)NCC1CCCN(C(=O)CC2CCCN2)C1. The van der Waals surface area contributed by atoms with E-state index in [2.05, 4.69) is 10.6 Å². The van der Waals surface area contributed by atoms with Crippen LogP contribution in [0.1, 0.15) is 52.9 Å². The van der Waals surface area contributed by atoms with Crippen LogP contribution >= 0.6 is 0 Å². The van der Waals surface area contributed by atoms with Crippen molar-refractivity contribution in [3.8, 4) is 0 Å². The summed E-state index contributed by atoms with van der Waals surface area (Å²) < 4.78 is 0. The molecule has 0 spiro atoms. The standard InChI is InChI=1S/C17H31N3O2/c1-17(2,3)16(22)19-11-13-6-5-9-20(12-13)15(21)10-14-7-4-8-18-14/h13-14,18H,4-12H2,1-3H3,(H,19,22). The first kappa shape index (κ1) is 17.3. The molecule has 2 aliphatic heterocycles. The molecule has 0 aromatic rings. The monoisotopic (exact) mass is 309 g/mol. The van der Waals surface area contributed by atoms with Crippen molar-refractivity contribution in [1.82, 2.24) is 15.5 Å². The van der Waals surface area contributed by atoms with Crippen LogP contribution in [0, 0.1) is 11.3 Å². The highest BCUT2D eigenvalue weighted by Crippen LogP contribution is 2.19. The molecule has 2 heterocycles. The number of hydrogen-bond donors (Lipinski definition) is 2. The molecule has 2 unspecified atom stereocenters. The van der Waals surface area contributed by atoms with Crippen molar-refractivity contribution < 1.29 is 9.59 Å². The van der Waals surface area contributed by atoms with E-state index in [4.69, 9.17) is 0 Å². The van der Waals surface area contributed by atoms with Crippen molar-refractivity contribution in [3.63, 3.8) is 0 Å². The van der Waals surface area contributed by atoms with Crippen molar-refractivity contribution in [3.05, 3.63) is 0 Å². The molecule has 0 aromatic heterocycles. The predicted octanol–water partition coefficient (Wildman–Crippen LogP) is 1.53. The smallest absolute Gasteiger partial charge is 0.225 e. The van der Waals surface area contributed by atoms with Crippen LogP contribution in [0.25, 0.3) is 0 Å². The maximum atomic E-state index is 12.4. The quantitative estimate of drug-likeness (QED) is 0.828. The zero-order chi connectivity index (χ0) is 16.2. The highest BCUT2D eigenvalue weighted by molar-refractivity contribution is 5.81. The molecule has 2 N–H and O–H groups in total. The van der Waals surface area contributed by atoms with Gasteiger partial charge in [-0.25, -0.2) is 0 Å². The molecule has 2 aliphatic rings. The van der Waals surface area contributed by atoms with Crippen LogP contribution < -0.4 is 10.6 Å². The minimum atomic E-state index is -0.349. The fraction of sp³-hybridized carbons (Fsp3) is 0.882. The molecule has 2 fully saturated rings. The zero-order valence-electron chi connectivity index (χ0n) is 14.3. The van der Waals surface area contributed by atoms with Gasteiger partial charge in [-0.2, -0.15) is 0 Å². The van der Waals surface area contributed by atoms with Gasteiger partial charge in [0.1, 0.15) is 0 Å². The summed E-state index contributed by atoms with van der Waals surface area (Å²) >= 11 is 0. The Hall–Kier alpha value is -1.10. The first-order valence-corrected chi connectivity index (χ1v) is 8.65. The second kappa shape index (κ2) is 7.44. The van der Waals surface area contributed by atoms with Crippen molar-refractivity contribution in [2.45, 2.75) is 58.9 Å². The van der Waals surface area contributed by atoms with Gasteiger partial charge in [0.25, 0.3) is 0 Å². The second-order valence-corrected chi connectivity index (χ2v) is 7.81. The van der Waals surface area contributed by atoms with Crippen LogP contribution in [0.2, 0.25) is 0 Å². The Morgan fingerprint density at radius 3 is 2.64 bits per heavy atom. The molecule has 2 rings (SSSR count). The van der Waals surface area contributed by atoms with E-state index in [9.17, 15) is 9.59 Å². The van der Waals surface area contributed by atoms with E-state index in [0.29, 0.717) is 24.9 Å². The summed E-state index contributed by atoms with van der Waals surface area (Å²) in [5.74, 6) is 0.748. The Labute approximate surface area is 134 Å². The van der Waals surface area contributed by atoms with Gasteiger partial charge >= 0.3 is 0 Å². The summed E-state index contributed by atoms with van der Waals surface area (Å²) in [7, 11) is 0. The molecule has 5 heteroatoms. The average Bonchev–Trinajstić information content (AvgIpc) is 2.97. The lowest BCUT2D eigenvalue weighted by molar-refractivity contribution is -0.133. The maximum Gasteiger partial charge on any atom is 0.225 e. The van der Waals surface area contributed by atoms with Crippen LogP contribution in [0.5, 0.6) is 0 Å². The Bertz CT molecular complexity index is 397. The van der Waals surface area contributed by atoms with E-state index in [1.165, 1.54) is 6.42 Å². The van der Waals surface area contributed by atoms with Crippen molar-refractivity contribution >= 4 is 11.8 Å². The van der Waals surface area contributed by atoms with Gasteiger partial charge in [0, 0.05) is 37.5 Å². The van der Waals surface area contributed by atoms with E-state index in [1.807, 2.05) is 25.7 Å². The first-order chi connectivity index (χ1) is 10.4. The molecule has 2 saturated heterocycles. The number of amides is 2. The van der Waals surface area contributed by atoms with Gasteiger partial charge in [0.15, 0.2) is 0 Å². The van der Waals surface area contributed by atoms with E-state index in [1.54, 1.807) is 0 Å². The molecule has 2 atom stereocenters. The predicted molar refractivity (Wildman–Crippen MR) is 87.4 cm³/mol. The third-order valence-corrected chi connectivity index (χ3v) is 4.69. The van der Waals surface area contributed by atoms with Crippen molar-refractivity contribution in [2.75, 3.05) is 26.2 Å². The Morgan fingerprint density at radius 1 is 1.23 bits per heavy atom. The minimum Gasteiger partial charge on any atom is -0.355 e. The molecular formula is C17H31N3O2. The summed E-state index contributed by atoms with van der Waals surface area (Å²) in [4.78, 5) is 26.3. The molecule has 0 bridgehead atoms. The van der Waals surface area contributed by atoms with Crippen molar-refractivity contribution in [1.29, 1.82) is 0 Å². The van der Waals surface area contributed by atoms with Gasteiger partial charge in [0.2, 0.25) is 11.8 Å². The summed E-state index contributed by atoms with van der Waals surface area (Å²) in [6, 6.07) is 0.369. The topological polar surface area (TPSA) is 61.4 Å². The normalized spacial score (nSPS) is 26.0. The fourth-order valence-corrected chi connectivity index (χ4v) is 3.23. The van der Waals surface area contributed by atoms with Gasteiger partial charge in [-0.3, -0.25) is 9.59 Å². The maximum absolute atomic E-state index is 12.4. The number of nitrogens with zero attached hydrogens (tertiary/aromatic N) is 1. The minimum absolute atomic E-state index is 0.0890. The van der Waals surface area contributed by atoms with Gasteiger partial charge in [-0.1, -0.05) is 20.8 Å². The molecule has 0 aromatic carbocycles. The number of piperidine rings is 1. The number of hydrogen-bond acceptors (Lipinski definition) is 3. The lowest BCUT2D eigenvalue weighted by Gasteiger charge is -2.34. The van der Waals surface area contributed by atoms with Gasteiger partial charge in [-0.15, -0.1) is 0 Å². The third-order valence-electron chi connectivity index (χ3n) is 4.69. The Morgan fingerprint density at radius 2 is 2.00 bits per heavy atom. The Balaban J connectivity index is 1.76. The van der Waals surface area contributed by atoms with E-state index in [-0.39, 0.29) is 17.2 Å². The lowest BCUT2D eigenvalue weighted by Crippen LogP contribution is -2.46. The summed E-state index contributed by atoms with van der Waals surface area (Å²) in [5.41, 5.74) is -0.349. The molecule has 126 valence electrons. The highest BCUT2D eigenvalue weighted by Gasteiger charge is 2.28. The van der Waals surface area contributed by atoms with Crippen LogP contribution in [0.4, 0.5) is 0 Å². The number of likely N-dealkylation sites (tertiary alicyclic amines) is 1. The average molecular weight is 309 g/mol. The zero-order valence-corrected chi connectivity index (χ0v) is 14.3. The number of nitrogens with one attached hydrogen (secondary N) is 2. The number of carbonyl (C=O) groups is 2. The van der Waals surface area contributed by atoms with Crippen LogP contribution in [-0.2, 0) is 9.59 Å². The Kier molecular flexibility index (Phi) is 5.84. The van der Waals surface area contributed by atoms with E-state index >= 15 is 0 Å². The molecular weight excluding hydrogens is 278 g/mol. The molecule has 22 heavy (non-hydrogen) atoms. The lowest BCUT2D eigenvalue weighted by atomic mass is 9.94. The summed E-state index contributed by atoms with van der Waals surface area (Å²) in [6.45, 7) is 9.15. The third kappa shape index (κ3) is 4.97. The van der Waals surface area contributed by atoms with E-state index < -0.39 is 0 Å². The largest absolute Gasteiger partial charge is 0.355 e. The highest BCUT2D eigenvalue weighted by atomic mass is 16.2. The van der Waals surface area contributed by atoms with Crippen LogP contribution in [-0.4, -0.2) is 48.9 Å². The molecule has 2 amide bonds. The molecule has 0 aliphatic carbocycles. The van der Waals surface area contributed by atoms with Gasteiger partial charge in [-0.05, 0) is 38.1 Å². The van der Waals surface area contributed by atoms with Crippen molar-refractivity contribution in [2.24, 2.45) is 11.3 Å². The number of rotatable bonds is 4. The second-order valence-electron chi connectivity index (χ2n) is 7.81. The summed E-state index contributed by atoms with van der Waals surface area (Å²) in [6.07, 6.45) is 5.06. The molecule has 5 nitrogen and oxygen atoms in total. The van der Waals surface area contributed by atoms with E-state index in [0.717, 1.165) is 38.9 Å². The molecule has 0 radical (unpaired) electrons. The van der Waals surface area contributed by atoms with Crippen LogP contribution in [0.3, 0.4) is 0 Å². The molecule has 0 saturated carbocycles. The number of carbonyl (C=O) groups excluding carboxylic acids is 2. The fourth-order valence-electron chi connectivity index (χ4n) is 3.23. The first-order valence-electron chi connectivity index (χ1n) is 8.65.